The van der Waals surface area contributed by atoms with E-state index in [1.54, 1.807) is 20.8 Å². The molecule has 0 aromatic rings. The van der Waals surface area contributed by atoms with Gasteiger partial charge in [0.25, 0.3) is 0 Å². The van der Waals surface area contributed by atoms with Crippen molar-refractivity contribution in [3.05, 3.63) is 0 Å². The third-order valence-electron chi connectivity index (χ3n) is 1.62. The highest BCUT2D eigenvalue weighted by atomic mass is 16.6. The van der Waals surface area contributed by atoms with Crippen LogP contribution in [-0.4, -0.2) is 49.4 Å². The van der Waals surface area contributed by atoms with Gasteiger partial charge in [0.15, 0.2) is 0 Å². The molecule has 0 aliphatic carbocycles. The van der Waals surface area contributed by atoms with E-state index in [1.165, 1.54) is 0 Å². The standard InChI is InChI=1S/C11H17NO6/c1-11(2,3)18-10(15)9(7(13)5-12)17-6-8(14)16-4/h5,9,12H,6H2,1-4H3. The molecular weight excluding hydrogens is 242 g/mol. The third-order valence-corrected chi connectivity index (χ3v) is 1.62. The van der Waals surface area contributed by atoms with Crippen LogP contribution in [-0.2, 0) is 28.6 Å². The highest BCUT2D eigenvalue weighted by Crippen LogP contribution is 2.10. The van der Waals surface area contributed by atoms with Gasteiger partial charge in [-0.15, -0.1) is 0 Å². The maximum atomic E-state index is 11.6. The van der Waals surface area contributed by atoms with Crippen LogP contribution in [0.4, 0.5) is 0 Å². The van der Waals surface area contributed by atoms with Crippen LogP contribution in [0.5, 0.6) is 0 Å². The molecule has 0 aliphatic rings. The molecule has 18 heavy (non-hydrogen) atoms. The van der Waals surface area contributed by atoms with Gasteiger partial charge in [0.1, 0.15) is 12.2 Å². The Morgan fingerprint density at radius 2 is 1.83 bits per heavy atom. The van der Waals surface area contributed by atoms with Crippen LogP contribution in [0.15, 0.2) is 0 Å². The van der Waals surface area contributed by atoms with Gasteiger partial charge >= 0.3 is 11.9 Å². The van der Waals surface area contributed by atoms with Crippen molar-refractivity contribution in [2.75, 3.05) is 13.7 Å². The lowest BCUT2D eigenvalue weighted by Crippen LogP contribution is -2.40. The molecule has 0 rings (SSSR count). The average molecular weight is 259 g/mol. The van der Waals surface area contributed by atoms with Crippen molar-refractivity contribution in [3.63, 3.8) is 0 Å². The van der Waals surface area contributed by atoms with Crippen LogP contribution < -0.4 is 0 Å². The minimum Gasteiger partial charge on any atom is -0.467 e. The Balaban J connectivity index is 4.68. The van der Waals surface area contributed by atoms with Crippen LogP contribution in [0.3, 0.4) is 0 Å². The molecular formula is C11H17NO6. The summed E-state index contributed by atoms with van der Waals surface area (Å²) in [6.07, 6.45) is -1.19. The van der Waals surface area contributed by atoms with E-state index < -0.39 is 36.0 Å². The van der Waals surface area contributed by atoms with Gasteiger partial charge in [0, 0.05) is 0 Å². The second-order valence-corrected chi connectivity index (χ2v) is 4.35. The molecule has 1 unspecified atom stereocenters. The lowest BCUT2D eigenvalue weighted by atomic mass is 10.2. The summed E-state index contributed by atoms with van der Waals surface area (Å²) in [5.41, 5.74) is -0.799. The maximum Gasteiger partial charge on any atom is 0.344 e. The van der Waals surface area contributed by atoms with Gasteiger partial charge in [-0.3, -0.25) is 4.79 Å². The Kier molecular flexibility index (Phi) is 6.18. The molecule has 0 fully saturated rings. The zero-order valence-corrected chi connectivity index (χ0v) is 10.8. The Morgan fingerprint density at radius 3 is 2.22 bits per heavy atom. The van der Waals surface area contributed by atoms with Crippen molar-refractivity contribution < 1.29 is 28.6 Å². The summed E-state index contributed by atoms with van der Waals surface area (Å²) in [6, 6.07) is 0. The molecule has 7 heteroatoms. The summed E-state index contributed by atoms with van der Waals surface area (Å²) >= 11 is 0. The van der Waals surface area contributed by atoms with Crippen molar-refractivity contribution >= 4 is 23.9 Å². The van der Waals surface area contributed by atoms with Crippen LogP contribution in [0.2, 0.25) is 0 Å². The number of hydrogen-bond acceptors (Lipinski definition) is 7. The van der Waals surface area contributed by atoms with E-state index in [-0.39, 0.29) is 0 Å². The third kappa shape index (κ3) is 6.09. The van der Waals surface area contributed by atoms with E-state index in [0.717, 1.165) is 7.11 Å². The Hall–Kier alpha value is -1.76. The predicted octanol–water partition coefficient (Wildman–Crippen LogP) is 0.105. The van der Waals surface area contributed by atoms with E-state index in [0.29, 0.717) is 6.21 Å². The molecule has 0 aromatic carbocycles. The zero-order valence-electron chi connectivity index (χ0n) is 10.8. The Bertz CT molecular complexity index is 344. The molecule has 102 valence electrons. The highest BCUT2D eigenvalue weighted by molar-refractivity contribution is 6.33. The molecule has 0 aromatic heterocycles. The normalized spacial score (nSPS) is 12.4. The van der Waals surface area contributed by atoms with Crippen LogP contribution in [0.25, 0.3) is 0 Å². The molecule has 0 spiro atoms. The molecule has 0 saturated carbocycles. The summed E-state index contributed by atoms with van der Waals surface area (Å²) in [5.74, 6) is -2.57. The number of ether oxygens (including phenoxy) is 3. The van der Waals surface area contributed by atoms with Gasteiger partial charge in [-0.25, -0.2) is 9.59 Å². The lowest BCUT2D eigenvalue weighted by molar-refractivity contribution is -0.172. The van der Waals surface area contributed by atoms with E-state index >= 15 is 0 Å². The van der Waals surface area contributed by atoms with Crippen LogP contribution >= 0.6 is 0 Å². The van der Waals surface area contributed by atoms with E-state index in [2.05, 4.69) is 4.74 Å². The van der Waals surface area contributed by atoms with Gasteiger partial charge in [-0.2, -0.15) is 0 Å². The topological polar surface area (TPSA) is 103 Å². The number of nitrogens with one attached hydrogen (secondary N) is 1. The second kappa shape index (κ2) is 6.85. The van der Waals surface area contributed by atoms with E-state index in [1.807, 2.05) is 0 Å². The van der Waals surface area contributed by atoms with Crippen molar-refractivity contribution in [1.82, 2.24) is 0 Å². The lowest BCUT2D eigenvalue weighted by Gasteiger charge is -2.22. The van der Waals surface area contributed by atoms with Gasteiger partial charge in [0.05, 0.1) is 13.3 Å². The van der Waals surface area contributed by atoms with Gasteiger partial charge < -0.3 is 19.6 Å². The fourth-order valence-corrected chi connectivity index (χ4v) is 0.908. The van der Waals surface area contributed by atoms with Crippen molar-refractivity contribution in [1.29, 1.82) is 5.41 Å². The second-order valence-electron chi connectivity index (χ2n) is 4.35. The first-order chi connectivity index (χ1) is 8.21. The molecule has 0 amide bonds. The van der Waals surface area contributed by atoms with E-state index in [4.69, 9.17) is 14.9 Å². The number of carbonyl (C=O) groups excluding carboxylic acids is 3. The number of ketones is 1. The fraction of sp³-hybridized carbons (Fsp3) is 0.636. The quantitative estimate of drug-likeness (QED) is 0.412. The zero-order chi connectivity index (χ0) is 14.3. The molecule has 1 N–H and O–H groups in total. The number of esters is 2. The fourth-order valence-electron chi connectivity index (χ4n) is 0.908. The van der Waals surface area contributed by atoms with Crippen LogP contribution in [0.1, 0.15) is 20.8 Å². The Labute approximate surface area is 105 Å². The first kappa shape index (κ1) is 16.2. The summed E-state index contributed by atoms with van der Waals surface area (Å²) in [7, 11) is 1.15. The first-order valence-corrected chi connectivity index (χ1v) is 5.17. The monoisotopic (exact) mass is 259 g/mol. The van der Waals surface area contributed by atoms with Crippen molar-refractivity contribution in [2.45, 2.75) is 32.5 Å². The average Bonchev–Trinajstić information content (AvgIpc) is 2.26. The highest BCUT2D eigenvalue weighted by Gasteiger charge is 2.31. The SMILES string of the molecule is COC(=O)COC(C(=O)C=N)C(=O)OC(C)(C)C. The number of carbonyl (C=O) groups is 3. The maximum absolute atomic E-state index is 11.6. The smallest absolute Gasteiger partial charge is 0.344 e. The van der Waals surface area contributed by atoms with Crippen molar-refractivity contribution in [3.8, 4) is 0 Å². The largest absolute Gasteiger partial charge is 0.467 e. The molecule has 1 atom stereocenters. The van der Waals surface area contributed by atoms with Gasteiger partial charge in [-0.1, -0.05) is 0 Å². The van der Waals surface area contributed by atoms with Crippen molar-refractivity contribution in [2.24, 2.45) is 0 Å². The first-order valence-electron chi connectivity index (χ1n) is 5.17. The van der Waals surface area contributed by atoms with E-state index in [9.17, 15) is 14.4 Å². The number of hydrogen-bond donors (Lipinski definition) is 1. The predicted molar refractivity (Wildman–Crippen MR) is 61.4 cm³/mol. The minimum absolute atomic E-state index is 0.436. The van der Waals surface area contributed by atoms with Gasteiger partial charge in [0.2, 0.25) is 11.9 Å². The molecule has 0 heterocycles. The Morgan fingerprint density at radius 1 is 1.28 bits per heavy atom. The summed E-state index contributed by atoms with van der Waals surface area (Å²) < 4.78 is 14.1. The minimum atomic E-state index is -1.62. The molecule has 0 saturated heterocycles. The number of methoxy groups -OCH3 is 1. The summed E-state index contributed by atoms with van der Waals surface area (Å²) in [6.45, 7) is 4.30. The molecule has 0 bridgehead atoms. The molecule has 0 radical (unpaired) electrons. The number of rotatable bonds is 6. The summed E-state index contributed by atoms with van der Waals surface area (Å²) in [5, 5.41) is 6.82. The number of Topliss-reactive ketones (excluding diaryl/α,β-unsaturated/α-hetero) is 1. The van der Waals surface area contributed by atoms with Gasteiger partial charge in [-0.05, 0) is 20.8 Å². The van der Waals surface area contributed by atoms with Crippen LogP contribution in [0, 0.1) is 5.41 Å². The summed E-state index contributed by atoms with van der Waals surface area (Å²) in [4.78, 5) is 33.8. The molecule has 0 aliphatic heterocycles. The molecule has 7 nitrogen and oxygen atoms in total.